The molecule has 0 bridgehead atoms. The molecule has 2 aromatic carbocycles. The van der Waals surface area contributed by atoms with Crippen molar-refractivity contribution in [3.8, 4) is 0 Å². The van der Waals surface area contributed by atoms with Crippen LogP contribution in [0, 0.1) is 0 Å². The van der Waals surface area contributed by atoms with Gasteiger partial charge in [0.15, 0.2) is 0 Å². The Labute approximate surface area is 162 Å². The summed E-state index contributed by atoms with van der Waals surface area (Å²) < 4.78 is 0. The third-order valence-corrected chi connectivity index (χ3v) is 4.79. The van der Waals surface area contributed by atoms with Crippen molar-refractivity contribution in [3.63, 3.8) is 0 Å². The first-order valence-electron chi connectivity index (χ1n) is 8.71. The van der Waals surface area contributed by atoms with Gasteiger partial charge in [-0.1, -0.05) is 41.9 Å². The zero-order chi connectivity index (χ0) is 19.2. The number of nitrogens with one attached hydrogen (secondary N) is 1. The molecule has 3 rings (SSSR count). The Morgan fingerprint density at radius 3 is 2.11 bits per heavy atom. The van der Waals surface area contributed by atoms with Crippen molar-refractivity contribution in [2.24, 2.45) is 0 Å². The largest absolute Gasteiger partial charge is 0.343 e. The molecule has 0 saturated carbocycles. The van der Waals surface area contributed by atoms with Crippen molar-refractivity contribution in [1.82, 2.24) is 15.1 Å². The van der Waals surface area contributed by atoms with Gasteiger partial charge in [0, 0.05) is 31.7 Å². The van der Waals surface area contributed by atoms with Gasteiger partial charge < -0.3 is 15.1 Å². The first kappa shape index (κ1) is 18.9. The predicted octanol–water partition coefficient (Wildman–Crippen LogP) is 2.05. The Balaban J connectivity index is 1.48. The van der Waals surface area contributed by atoms with E-state index in [4.69, 9.17) is 11.6 Å². The zero-order valence-corrected chi connectivity index (χ0v) is 15.5. The first-order chi connectivity index (χ1) is 13.1. The van der Waals surface area contributed by atoms with Gasteiger partial charge in [-0.25, -0.2) is 0 Å². The molecule has 1 saturated heterocycles. The van der Waals surface area contributed by atoms with Crippen LogP contribution >= 0.6 is 11.6 Å². The molecule has 1 N–H and O–H groups in total. The lowest BCUT2D eigenvalue weighted by atomic mass is 10.2. The molecule has 7 heteroatoms. The van der Waals surface area contributed by atoms with E-state index in [1.165, 1.54) is 0 Å². The maximum absolute atomic E-state index is 12.4. The van der Waals surface area contributed by atoms with E-state index in [1.54, 1.807) is 46.2 Å². The summed E-state index contributed by atoms with van der Waals surface area (Å²) in [6.07, 6.45) is 0. The van der Waals surface area contributed by atoms with Gasteiger partial charge in [-0.2, -0.15) is 0 Å². The maximum atomic E-state index is 12.4. The van der Waals surface area contributed by atoms with Gasteiger partial charge in [0.1, 0.15) is 0 Å². The van der Waals surface area contributed by atoms with Gasteiger partial charge in [0.05, 0.1) is 17.1 Å². The van der Waals surface area contributed by atoms with E-state index in [1.807, 2.05) is 18.2 Å². The Kier molecular flexibility index (Phi) is 6.08. The van der Waals surface area contributed by atoms with E-state index in [0.717, 1.165) is 0 Å². The van der Waals surface area contributed by atoms with Crippen molar-refractivity contribution < 1.29 is 14.4 Å². The van der Waals surface area contributed by atoms with E-state index in [0.29, 0.717) is 42.3 Å². The van der Waals surface area contributed by atoms with Gasteiger partial charge in [0.2, 0.25) is 5.91 Å². The third-order valence-electron chi connectivity index (χ3n) is 4.46. The lowest BCUT2D eigenvalue weighted by Crippen LogP contribution is -2.52. The third kappa shape index (κ3) is 4.65. The van der Waals surface area contributed by atoms with E-state index in [2.05, 4.69) is 5.32 Å². The fourth-order valence-electron chi connectivity index (χ4n) is 2.93. The standard InChI is InChI=1S/C20H20ClN3O3/c21-17-9-5-4-8-16(17)19(26)22-14-18(25)23-10-12-24(13-11-23)20(27)15-6-2-1-3-7-15/h1-9H,10-14H2,(H,22,26). The second-order valence-corrected chi connectivity index (χ2v) is 6.61. The van der Waals surface area contributed by atoms with E-state index in [9.17, 15) is 14.4 Å². The van der Waals surface area contributed by atoms with Crippen LogP contribution < -0.4 is 5.32 Å². The van der Waals surface area contributed by atoms with Crippen LogP contribution in [0.3, 0.4) is 0 Å². The molecular formula is C20H20ClN3O3. The number of amides is 3. The summed E-state index contributed by atoms with van der Waals surface area (Å²) in [4.78, 5) is 40.3. The molecular weight excluding hydrogens is 366 g/mol. The summed E-state index contributed by atoms with van der Waals surface area (Å²) in [6, 6.07) is 15.8. The van der Waals surface area contributed by atoms with Crippen LogP contribution in [0.25, 0.3) is 0 Å². The molecule has 0 spiro atoms. The maximum Gasteiger partial charge on any atom is 0.253 e. The van der Waals surface area contributed by atoms with Gasteiger partial charge in [-0.15, -0.1) is 0 Å². The van der Waals surface area contributed by atoms with Crippen LogP contribution in [0.1, 0.15) is 20.7 Å². The van der Waals surface area contributed by atoms with Gasteiger partial charge in [-0.3, -0.25) is 14.4 Å². The number of hydrogen-bond donors (Lipinski definition) is 1. The highest BCUT2D eigenvalue weighted by atomic mass is 35.5. The molecule has 0 atom stereocenters. The molecule has 140 valence electrons. The van der Waals surface area contributed by atoms with Crippen molar-refractivity contribution in [3.05, 3.63) is 70.7 Å². The van der Waals surface area contributed by atoms with Gasteiger partial charge in [-0.05, 0) is 24.3 Å². The molecule has 0 aliphatic carbocycles. The summed E-state index contributed by atoms with van der Waals surface area (Å²) in [5.74, 6) is -0.594. The molecule has 1 aliphatic rings. The predicted molar refractivity (Wildman–Crippen MR) is 103 cm³/mol. The molecule has 1 fully saturated rings. The molecule has 0 aromatic heterocycles. The number of piperazine rings is 1. The normalized spacial score (nSPS) is 14.0. The molecule has 1 aliphatic heterocycles. The van der Waals surface area contributed by atoms with E-state index >= 15 is 0 Å². The fourth-order valence-corrected chi connectivity index (χ4v) is 3.15. The highest BCUT2D eigenvalue weighted by Crippen LogP contribution is 2.14. The molecule has 0 radical (unpaired) electrons. The smallest absolute Gasteiger partial charge is 0.253 e. The highest BCUT2D eigenvalue weighted by Gasteiger charge is 2.25. The lowest BCUT2D eigenvalue weighted by Gasteiger charge is -2.34. The molecule has 6 nitrogen and oxygen atoms in total. The van der Waals surface area contributed by atoms with Crippen LogP contribution in [-0.2, 0) is 4.79 Å². The summed E-state index contributed by atoms with van der Waals surface area (Å²) in [7, 11) is 0. The van der Waals surface area contributed by atoms with E-state index < -0.39 is 0 Å². The van der Waals surface area contributed by atoms with Crippen LogP contribution in [0.2, 0.25) is 5.02 Å². The second kappa shape index (κ2) is 8.68. The average Bonchev–Trinajstić information content (AvgIpc) is 2.72. The van der Waals surface area contributed by atoms with Crippen molar-refractivity contribution in [1.29, 1.82) is 0 Å². The average molecular weight is 386 g/mol. The minimum atomic E-state index is -0.383. The summed E-state index contributed by atoms with van der Waals surface area (Å²) in [5, 5.41) is 2.94. The van der Waals surface area contributed by atoms with E-state index in [-0.39, 0.29) is 24.3 Å². The van der Waals surface area contributed by atoms with Gasteiger partial charge >= 0.3 is 0 Å². The van der Waals surface area contributed by atoms with Crippen LogP contribution in [0.4, 0.5) is 0 Å². The minimum absolute atomic E-state index is 0.0327. The van der Waals surface area contributed by atoms with Crippen molar-refractivity contribution in [2.75, 3.05) is 32.7 Å². The Hall–Kier alpha value is -2.86. The second-order valence-electron chi connectivity index (χ2n) is 6.20. The Morgan fingerprint density at radius 1 is 0.852 bits per heavy atom. The fraction of sp³-hybridized carbons (Fsp3) is 0.250. The van der Waals surface area contributed by atoms with Crippen molar-refractivity contribution >= 4 is 29.3 Å². The Bertz CT molecular complexity index is 833. The quantitative estimate of drug-likeness (QED) is 0.875. The number of halogens is 1. The van der Waals surface area contributed by atoms with Crippen LogP contribution in [0.5, 0.6) is 0 Å². The molecule has 3 amide bonds. The molecule has 1 heterocycles. The monoisotopic (exact) mass is 385 g/mol. The summed E-state index contributed by atoms with van der Waals surface area (Å²) >= 11 is 5.99. The topological polar surface area (TPSA) is 69.7 Å². The summed E-state index contributed by atoms with van der Waals surface area (Å²) in [5.41, 5.74) is 0.981. The number of carbonyl (C=O) groups excluding carboxylic acids is 3. The first-order valence-corrected chi connectivity index (χ1v) is 9.09. The number of nitrogens with zero attached hydrogens (tertiary/aromatic N) is 2. The van der Waals surface area contributed by atoms with Crippen LogP contribution in [-0.4, -0.2) is 60.2 Å². The number of hydrogen-bond acceptors (Lipinski definition) is 3. The molecule has 2 aromatic rings. The zero-order valence-electron chi connectivity index (χ0n) is 14.7. The lowest BCUT2D eigenvalue weighted by molar-refractivity contribution is -0.131. The SMILES string of the molecule is O=C(NCC(=O)N1CCN(C(=O)c2ccccc2)CC1)c1ccccc1Cl. The number of rotatable bonds is 4. The molecule has 27 heavy (non-hydrogen) atoms. The number of carbonyl (C=O) groups is 3. The van der Waals surface area contributed by atoms with Crippen LogP contribution in [0.15, 0.2) is 54.6 Å². The number of benzene rings is 2. The molecule has 0 unspecified atom stereocenters. The highest BCUT2D eigenvalue weighted by molar-refractivity contribution is 6.33. The minimum Gasteiger partial charge on any atom is -0.343 e. The van der Waals surface area contributed by atoms with Crippen molar-refractivity contribution in [2.45, 2.75) is 0 Å². The summed E-state index contributed by atoms with van der Waals surface area (Å²) in [6.45, 7) is 1.73. The Morgan fingerprint density at radius 2 is 1.44 bits per heavy atom. The van der Waals surface area contributed by atoms with Gasteiger partial charge in [0.25, 0.3) is 11.8 Å².